The van der Waals surface area contributed by atoms with Crippen molar-refractivity contribution in [2.45, 2.75) is 44.3 Å². The highest BCUT2D eigenvalue weighted by Crippen LogP contribution is 2.29. The van der Waals surface area contributed by atoms with Crippen molar-refractivity contribution in [1.82, 2.24) is 14.7 Å². The Kier molecular flexibility index (Phi) is 8.07. The van der Waals surface area contributed by atoms with E-state index >= 15 is 0 Å². The van der Waals surface area contributed by atoms with Gasteiger partial charge in [0, 0.05) is 31.7 Å². The molecule has 1 aromatic rings. The molecule has 1 N–H and O–H groups in total. The van der Waals surface area contributed by atoms with E-state index in [1.165, 1.54) is 5.56 Å². The van der Waals surface area contributed by atoms with Gasteiger partial charge in [0.05, 0.1) is 13.1 Å². The zero-order valence-corrected chi connectivity index (χ0v) is 16.7. The predicted octanol–water partition coefficient (Wildman–Crippen LogP) is 2.08. The number of nitrogens with zero attached hydrogens (tertiary/aromatic N) is 3. The monoisotopic (exact) mass is 395 g/mol. The Morgan fingerprint density at radius 2 is 1.70 bits per heavy atom. The Morgan fingerprint density at radius 3 is 2.26 bits per heavy atom. The van der Waals surface area contributed by atoms with Crippen LogP contribution < -0.4 is 0 Å². The van der Waals surface area contributed by atoms with E-state index in [0.29, 0.717) is 25.2 Å². The van der Waals surface area contributed by atoms with Crippen molar-refractivity contribution in [3.8, 4) is 0 Å². The van der Waals surface area contributed by atoms with Crippen molar-refractivity contribution >= 4 is 24.3 Å². The lowest BCUT2D eigenvalue weighted by Crippen LogP contribution is -2.48. The van der Waals surface area contributed by atoms with Crippen LogP contribution in [0.5, 0.6) is 0 Å². The number of likely N-dealkylation sites (N-methyl/N-ethyl adjacent to an activating group) is 1. The molecule has 1 amide bonds. The van der Waals surface area contributed by atoms with Crippen LogP contribution in [-0.4, -0.2) is 77.0 Å². The van der Waals surface area contributed by atoms with E-state index < -0.39 is 5.97 Å². The quantitative estimate of drug-likeness (QED) is 0.730. The molecule has 0 bridgehead atoms. The van der Waals surface area contributed by atoms with Gasteiger partial charge >= 0.3 is 5.97 Å². The Bertz CT molecular complexity index is 616. The summed E-state index contributed by atoms with van der Waals surface area (Å²) >= 11 is 0. The van der Waals surface area contributed by atoms with Gasteiger partial charge in [-0.15, -0.1) is 12.4 Å². The molecule has 0 spiro atoms. The standard InChI is InChI=1S/C20H29N3O3.ClH/c1-21(15-20(25)26)17-9-11-22(12-10-17)14-19(24)23(18-7-8-18)13-16-5-3-2-4-6-16;/h2-6,17-18H,7-15H2,1H3,(H,25,26);1H. The molecule has 0 aromatic heterocycles. The van der Waals surface area contributed by atoms with E-state index in [4.69, 9.17) is 5.11 Å². The zero-order valence-electron chi connectivity index (χ0n) is 15.9. The van der Waals surface area contributed by atoms with Crippen LogP contribution in [0, 0.1) is 0 Å². The van der Waals surface area contributed by atoms with Crippen LogP contribution in [0.1, 0.15) is 31.2 Å². The van der Waals surface area contributed by atoms with Crippen LogP contribution in [0.15, 0.2) is 30.3 Å². The molecular formula is C20H30ClN3O3. The molecule has 0 radical (unpaired) electrons. The molecule has 150 valence electrons. The number of carboxylic acids is 1. The molecule has 1 saturated carbocycles. The molecule has 1 saturated heterocycles. The number of hydrogen-bond donors (Lipinski definition) is 1. The smallest absolute Gasteiger partial charge is 0.317 e. The van der Waals surface area contributed by atoms with Gasteiger partial charge in [-0.05, 0) is 38.3 Å². The van der Waals surface area contributed by atoms with Crippen molar-refractivity contribution < 1.29 is 14.7 Å². The maximum Gasteiger partial charge on any atom is 0.317 e. The first-order valence-electron chi connectivity index (χ1n) is 9.50. The Morgan fingerprint density at radius 1 is 1.07 bits per heavy atom. The first-order chi connectivity index (χ1) is 12.5. The molecule has 2 fully saturated rings. The first kappa shape index (κ1) is 21.7. The lowest BCUT2D eigenvalue weighted by atomic mass is 10.0. The lowest BCUT2D eigenvalue weighted by molar-refractivity contribution is -0.138. The number of rotatable bonds is 8. The highest BCUT2D eigenvalue weighted by atomic mass is 35.5. The molecule has 1 aromatic carbocycles. The van der Waals surface area contributed by atoms with Gasteiger partial charge in [0.1, 0.15) is 0 Å². The van der Waals surface area contributed by atoms with Crippen LogP contribution in [0.3, 0.4) is 0 Å². The highest BCUT2D eigenvalue weighted by molar-refractivity contribution is 5.85. The van der Waals surface area contributed by atoms with Crippen molar-refractivity contribution in [2.24, 2.45) is 0 Å². The number of hydrogen-bond acceptors (Lipinski definition) is 4. The molecule has 1 aliphatic carbocycles. The second-order valence-electron chi connectivity index (χ2n) is 7.55. The van der Waals surface area contributed by atoms with Crippen LogP contribution in [-0.2, 0) is 16.1 Å². The normalized spacial score (nSPS) is 18.1. The second kappa shape index (κ2) is 10.1. The van der Waals surface area contributed by atoms with E-state index in [1.54, 1.807) is 0 Å². The van der Waals surface area contributed by atoms with Gasteiger partial charge in [0.2, 0.25) is 5.91 Å². The fourth-order valence-corrected chi connectivity index (χ4v) is 3.73. The van der Waals surface area contributed by atoms with Gasteiger partial charge in [0.15, 0.2) is 0 Å². The number of halogens is 1. The van der Waals surface area contributed by atoms with E-state index in [9.17, 15) is 9.59 Å². The molecule has 2 aliphatic rings. The Balaban J connectivity index is 0.00000261. The fourth-order valence-electron chi connectivity index (χ4n) is 3.73. The maximum absolute atomic E-state index is 12.9. The summed E-state index contributed by atoms with van der Waals surface area (Å²) in [5.74, 6) is -0.570. The van der Waals surface area contributed by atoms with Crippen molar-refractivity contribution in [1.29, 1.82) is 0 Å². The molecule has 0 atom stereocenters. The summed E-state index contributed by atoms with van der Waals surface area (Å²) < 4.78 is 0. The highest BCUT2D eigenvalue weighted by Gasteiger charge is 2.33. The van der Waals surface area contributed by atoms with Crippen LogP contribution in [0.4, 0.5) is 0 Å². The molecule has 0 unspecified atom stereocenters. The average molecular weight is 396 g/mol. The Labute approximate surface area is 167 Å². The number of carbonyl (C=O) groups excluding carboxylic acids is 1. The van der Waals surface area contributed by atoms with Gasteiger partial charge in [-0.1, -0.05) is 30.3 Å². The molecular weight excluding hydrogens is 366 g/mol. The largest absolute Gasteiger partial charge is 0.480 e. The number of benzene rings is 1. The van der Waals surface area contributed by atoms with Crippen LogP contribution >= 0.6 is 12.4 Å². The number of likely N-dealkylation sites (tertiary alicyclic amines) is 1. The summed E-state index contributed by atoms with van der Waals surface area (Å²) in [4.78, 5) is 29.9. The third-order valence-corrected chi connectivity index (χ3v) is 5.43. The number of carbonyl (C=O) groups is 2. The SMILES string of the molecule is CN(CC(=O)O)C1CCN(CC(=O)N(Cc2ccccc2)C2CC2)CC1.Cl. The van der Waals surface area contributed by atoms with Crippen molar-refractivity contribution in [3.63, 3.8) is 0 Å². The van der Waals surface area contributed by atoms with E-state index in [1.807, 2.05) is 35.0 Å². The summed E-state index contributed by atoms with van der Waals surface area (Å²) in [6, 6.07) is 10.9. The molecule has 7 heteroatoms. The topological polar surface area (TPSA) is 64.1 Å². The van der Waals surface area contributed by atoms with E-state index in [-0.39, 0.29) is 24.9 Å². The minimum absolute atomic E-state index is 0. The number of piperidine rings is 1. The number of carboxylic acid groups (broad SMARTS) is 1. The molecule has 3 rings (SSSR count). The Hall–Kier alpha value is -1.63. The van der Waals surface area contributed by atoms with Crippen LogP contribution in [0.2, 0.25) is 0 Å². The number of aliphatic carboxylic acids is 1. The minimum atomic E-state index is -0.786. The molecule has 6 nitrogen and oxygen atoms in total. The summed E-state index contributed by atoms with van der Waals surface area (Å²) in [6.45, 7) is 2.95. The van der Waals surface area contributed by atoms with Gasteiger partial charge in [-0.25, -0.2) is 0 Å². The zero-order chi connectivity index (χ0) is 18.5. The van der Waals surface area contributed by atoms with E-state index in [2.05, 4.69) is 17.0 Å². The van der Waals surface area contributed by atoms with Gasteiger partial charge in [0.25, 0.3) is 0 Å². The first-order valence-corrected chi connectivity index (χ1v) is 9.50. The summed E-state index contributed by atoms with van der Waals surface area (Å²) in [7, 11) is 1.87. The molecule has 1 heterocycles. The minimum Gasteiger partial charge on any atom is -0.480 e. The van der Waals surface area contributed by atoms with Crippen molar-refractivity contribution in [2.75, 3.05) is 33.2 Å². The molecule has 1 aliphatic heterocycles. The molecule has 27 heavy (non-hydrogen) atoms. The fraction of sp³-hybridized carbons (Fsp3) is 0.600. The second-order valence-corrected chi connectivity index (χ2v) is 7.55. The summed E-state index contributed by atoms with van der Waals surface area (Å²) in [5.41, 5.74) is 1.18. The van der Waals surface area contributed by atoms with Gasteiger partial charge in [-0.3, -0.25) is 19.4 Å². The van der Waals surface area contributed by atoms with E-state index in [0.717, 1.165) is 38.8 Å². The van der Waals surface area contributed by atoms with Gasteiger partial charge < -0.3 is 10.0 Å². The van der Waals surface area contributed by atoms with Crippen molar-refractivity contribution in [3.05, 3.63) is 35.9 Å². The third kappa shape index (κ3) is 6.48. The van der Waals surface area contributed by atoms with Gasteiger partial charge in [-0.2, -0.15) is 0 Å². The maximum atomic E-state index is 12.9. The third-order valence-electron chi connectivity index (χ3n) is 5.43. The summed E-state index contributed by atoms with van der Waals surface area (Å²) in [5, 5.41) is 8.92. The number of amides is 1. The van der Waals surface area contributed by atoms with Crippen LogP contribution in [0.25, 0.3) is 0 Å². The predicted molar refractivity (Wildman–Crippen MR) is 107 cm³/mol. The summed E-state index contributed by atoms with van der Waals surface area (Å²) in [6.07, 6.45) is 4.06. The lowest BCUT2D eigenvalue weighted by Gasteiger charge is -2.36. The average Bonchev–Trinajstić information content (AvgIpc) is 3.45.